The lowest BCUT2D eigenvalue weighted by Gasteiger charge is -2.10. The topological polar surface area (TPSA) is 76.9 Å². The van der Waals surface area contributed by atoms with Crippen LogP contribution < -0.4 is 4.72 Å². The summed E-state index contributed by atoms with van der Waals surface area (Å²) < 4.78 is 29.6. The molecule has 2 aromatic heterocycles. The number of fused-ring (bicyclic) bond motifs is 1. The van der Waals surface area contributed by atoms with E-state index in [1.165, 1.54) is 6.07 Å². The second-order valence-electron chi connectivity index (χ2n) is 5.76. The fourth-order valence-corrected chi connectivity index (χ4v) is 3.83. The van der Waals surface area contributed by atoms with Crippen molar-refractivity contribution in [1.82, 2.24) is 19.3 Å². The maximum Gasteiger partial charge on any atom is 0.241 e. The minimum atomic E-state index is -3.68. The predicted molar refractivity (Wildman–Crippen MR) is 98.0 cm³/mol. The SMILES string of the molecule is CCCn1c(CNS(=O)(=O)c2ccc(C)c(Cl)c2)nc2cccnc21. The van der Waals surface area contributed by atoms with E-state index in [4.69, 9.17) is 11.6 Å². The van der Waals surface area contributed by atoms with Crippen LogP contribution in [0.5, 0.6) is 0 Å². The summed E-state index contributed by atoms with van der Waals surface area (Å²) >= 11 is 6.04. The summed E-state index contributed by atoms with van der Waals surface area (Å²) in [7, 11) is -3.68. The molecule has 0 saturated heterocycles. The molecule has 0 aliphatic carbocycles. The van der Waals surface area contributed by atoms with Gasteiger partial charge in [0, 0.05) is 17.8 Å². The lowest BCUT2D eigenvalue weighted by Crippen LogP contribution is -2.25. The van der Waals surface area contributed by atoms with Gasteiger partial charge < -0.3 is 4.57 Å². The van der Waals surface area contributed by atoms with E-state index in [0.29, 0.717) is 10.8 Å². The fourth-order valence-electron chi connectivity index (χ4n) is 2.58. The molecule has 3 rings (SSSR count). The molecular weight excluding hydrogens is 360 g/mol. The summed E-state index contributed by atoms with van der Waals surface area (Å²) in [5.74, 6) is 0.636. The van der Waals surface area contributed by atoms with Crippen molar-refractivity contribution in [2.24, 2.45) is 0 Å². The van der Waals surface area contributed by atoms with Crippen LogP contribution in [0.1, 0.15) is 24.7 Å². The van der Waals surface area contributed by atoms with Gasteiger partial charge in [-0.2, -0.15) is 0 Å². The summed E-state index contributed by atoms with van der Waals surface area (Å²) in [5, 5.41) is 0.422. The zero-order valence-electron chi connectivity index (χ0n) is 14.0. The standard InChI is InChI=1S/C17H19ClN4O2S/c1-3-9-22-16(21-15-5-4-8-19-17(15)22)11-20-25(23,24)13-7-6-12(2)14(18)10-13/h4-8,10,20H,3,9,11H2,1-2H3. The van der Waals surface area contributed by atoms with Gasteiger partial charge in [0.25, 0.3) is 0 Å². The number of hydrogen-bond donors (Lipinski definition) is 1. The number of nitrogens with one attached hydrogen (secondary N) is 1. The first-order chi connectivity index (χ1) is 11.9. The highest BCUT2D eigenvalue weighted by Crippen LogP contribution is 2.20. The molecule has 0 spiro atoms. The summed E-state index contributed by atoms with van der Waals surface area (Å²) in [4.78, 5) is 9.00. The van der Waals surface area contributed by atoms with Crippen molar-refractivity contribution in [1.29, 1.82) is 0 Å². The van der Waals surface area contributed by atoms with Crippen LogP contribution in [-0.4, -0.2) is 23.0 Å². The molecule has 25 heavy (non-hydrogen) atoms. The first-order valence-corrected chi connectivity index (χ1v) is 9.84. The molecule has 1 N–H and O–H groups in total. The number of aromatic nitrogens is 3. The smallest absolute Gasteiger partial charge is 0.241 e. The van der Waals surface area contributed by atoms with Crippen molar-refractivity contribution in [3.63, 3.8) is 0 Å². The Morgan fingerprint density at radius 2 is 2.08 bits per heavy atom. The number of benzene rings is 1. The molecular formula is C17H19ClN4O2S. The van der Waals surface area contributed by atoms with Crippen molar-refractivity contribution in [2.45, 2.75) is 38.3 Å². The molecule has 8 heteroatoms. The Hall–Kier alpha value is -1.96. The number of aryl methyl sites for hydroxylation is 2. The second kappa shape index (κ2) is 7.11. The second-order valence-corrected chi connectivity index (χ2v) is 7.94. The third-order valence-electron chi connectivity index (χ3n) is 3.90. The number of sulfonamides is 1. The molecule has 0 amide bonds. The zero-order chi connectivity index (χ0) is 18.0. The summed E-state index contributed by atoms with van der Waals surface area (Å²) in [6.07, 6.45) is 2.60. The normalized spacial score (nSPS) is 12.0. The molecule has 6 nitrogen and oxygen atoms in total. The van der Waals surface area contributed by atoms with Crippen molar-refractivity contribution in [3.05, 3.63) is 52.9 Å². The molecule has 0 aliphatic rings. The van der Waals surface area contributed by atoms with E-state index in [1.807, 2.05) is 23.6 Å². The van der Waals surface area contributed by atoms with Crippen molar-refractivity contribution in [2.75, 3.05) is 0 Å². The summed E-state index contributed by atoms with van der Waals surface area (Å²) in [6.45, 7) is 4.69. The number of pyridine rings is 1. The van der Waals surface area contributed by atoms with Gasteiger partial charge in [-0.3, -0.25) is 0 Å². The van der Waals surface area contributed by atoms with Gasteiger partial charge in [-0.05, 0) is 43.2 Å². The van der Waals surface area contributed by atoms with Crippen LogP contribution in [0, 0.1) is 6.92 Å². The van der Waals surface area contributed by atoms with E-state index in [1.54, 1.807) is 18.3 Å². The van der Waals surface area contributed by atoms with Gasteiger partial charge in [-0.15, -0.1) is 0 Å². The lowest BCUT2D eigenvalue weighted by atomic mass is 10.2. The lowest BCUT2D eigenvalue weighted by molar-refractivity contribution is 0.573. The Labute approximate surface area is 151 Å². The zero-order valence-corrected chi connectivity index (χ0v) is 15.6. The van der Waals surface area contributed by atoms with Gasteiger partial charge in [0.05, 0.1) is 11.4 Å². The van der Waals surface area contributed by atoms with E-state index in [9.17, 15) is 8.42 Å². The quantitative estimate of drug-likeness (QED) is 0.714. The third-order valence-corrected chi connectivity index (χ3v) is 5.71. The minimum Gasteiger partial charge on any atom is -0.312 e. The van der Waals surface area contributed by atoms with E-state index in [2.05, 4.69) is 21.6 Å². The third kappa shape index (κ3) is 3.68. The molecule has 2 heterocycles. The van der Waals surface area contributed by atoms with Crippen LogP contribution in [0.3, 0.4) is 0 Å². The monoisotopic (exact) mass is 378 g/mol. The van der Waals surface area contributed by atoms with Crippen LogP contribution in [0.25, 0.3) is 11.2 Å². The minimum absolute atomic E-state index is 0.0875. The van der Waals surface area contributed by atoms with Crippen LogP contribution in [0.15, 0.2) is 41.4 Å². The Kier molecular flexibility index (Phi) is 5.08. The molecule has 0 atom stereocenters. The van der Waals surface area contributed by atoms with E-state index in [-0.39, 0.29) is 11.4 Å². The van der Waals surface area contributed by atoms with Gasteiger partial charge in [-0.25, -0.2) is 23.1 Å². The van der Waals surface area contributed by atoms with Crippen LogP contribution in [-0.2, 0) is 23.1 Å². The highest BCUT2D eigenvalue weighted by molar-refractivity contribution is 7.89. The first kappa shape index (κ1) is 17.8. The molecule has 0 fully saturated rings. The summed E-state index contributed by atoms with van der Waals surface area (Å²) in [6, 6.07) is 8.36. The van der Waals surface area contributed by atoms with Crippen molar-refractivity contribution in [3.8, 4) is 0 Å². The van der Waals surface area contributed by atoms with Gasteiger partial charge >= 0.3 is 0 Å². The van der Waals surface area contributed by atoms with Gasteiger partial charge in [-0.1, -0.05) is 24.6 Å². The average Bonchev–Trinajstić information content (AvgIpc) is 2.94. The molecule has 0 bridgehead atoms. The molecule has 0 saturated carbocycles. The number of hydrogen-bond acceptors (Lipinski definition) is 4. The Bertz CT molecular complexity index is 1010. The number of rotatable bonds is 6. The van der Waals surface area contributed by atoms with Crippen molar-refractivity contribution < 1.29 is 8.42 Å². The fraction of sp³-hybridized carbons (Fsp3) is 0.294. The van der Waals surface area contributed by atoms with E-state index in [0.717, 1.165) is 29.7 Å². The first-order valence-electron chi connectivity index (χ1n) is 7.98. The molecule has 3 aromatic rings. The highest BCUT2D eigenvalue weighted by Gasteiger charge is 2.18. The van der Waals surface area contributed by atoms with Crippen LogP contribution in [0.2, 0.25) is 5.02 Å². The Balaban J connectivity index is 1.88. The molecule has 0 radical (unpaired) electrons. The molecule has 0 unspecified atom stereocenters. The Morgan fingerprint density at radius 3 is 2.80 bits per heavy atom. The predicted octanol–water partition coefficient (Wildman–Crippen LogP) is 3.28. The highest BCUT2D eigenvalue weighted by atomic mass is 35.5. The number of nitrogens with zero attached hydrogens (tertiary/aromatic N) is 3. The Morgan fingerprint density at radius 1 is 1.28 bits per heavy atom. The maximum absolute atomic E-state index is 12.5. The average molecular weight is 379 g/mol. The number of halogens is 1. The van der Waals surface area contributed by atoms with Gasteiger partial charge in [0.1, 0.15) is 11.3 Å². The van der Waals surface area contributed by atoms with Crippen LogP contribution in [0.4, 0.5) is 0 Å². The van der Waals surface area contributed by atoms with E-state index >= 15 is 0 Å². The number of imidazole rings is 1. The molecule has 0 aliphatic heterocycles. The van der Waals surface area contributed by atoms with Crippen LogP contribution >= 0.6 is 11.6 Å². The van der Waals surface area contributed by atoms with Gasteiger partial charge in [0.2, 0.25) is 10.0 Å². The molecule has 132 valence electrons. The van der Waals surface area contributed by atoms with E-state index < -0.39 is 10.0 Å². The molecule has 1 aromatic carbocycles. The largest absolute Gasteiger partial charge is 0.312 e. The van der Waals surface area contributed by atoms with Crippen molar-refractivity contribution >= 4 is 32.8 Å². The summed E-state index contributed by atoms with van der Waals surface area (Å²) in [5.41, 5.74) is 2.34. The maximum atomic E-state index is 12.5. The van der Waals surface area contributed by atoms with Gasteiger partial charge in [0.15, 0.2) is 5.65 Å².